The lowest BCUT2D eigenvalue weighted by molar-refractivity contribution is -0.118. The van der Waals surface area contributed by atoms with Crippen LogP contribution in [0.25, 0.3) is 5.69 Å². The molecule has 8 heteroatoms. The molecule has 0 aliphatic carbocycles. The number of Topliss-reactive ketones (excluding diaryl/α,β-unsaturated/α-hetero) is 1. The van der Waals surface area contributed by atoms with Gasteiger partial charge in [-0.1, -0.05) is 0 Å². The van der Waals surface area contributed by atoms with E-state index < -0.39 is 0 Å². The van der Waals surface area contributed by atoms with E-state index in [1.165, 1.54) is 17.9 Å². The number of rotatable bonds is 6. The first kappa shape index (κ1) is 16.3. The fourth-order valence-electron chi connectivity index (χ4n) is 2.11. The second-order valence-electron chi connectivity index (χ2n) is 5.22. The quantitative estimate of drug-likeness (QED) is 0.690. The summed E-state index contributed by atoms with van der Waals surface area (Å²) < 4.78 is 6.92. The smallest absolute Gasteiger partial charge is 0.262 e. The van der Waals surface area contributed by atoms with Crippen LogP contribution in [0, 0.1) is 0 Å². The van der Waals surface area contributed by atoms with Crippen LogP contribution in [0.4, 0.5) is 5.69 Å². The van der Waals surface area contributed by atoms with Crippen LogP contribution in [-0.4, -0.2) is 38.5 Å². The maximum Gasteiger partial charge on any atom is 0.262 e. The molecule has 0 unspecified atom stereocenters. The van der Waals surface area contributed by atoms with Gasteiger partial charge in [0.05, 0.1) is 5.69 Å². The van der Waals surface area contributed by atoms with Gasteiger partial charge in [-0.25, -0.2) is 4.68 Å². The van der Waals surface area contributed by atoms with Crippen LogP contribution < -0.4 is 10.1 Å². The molecule has 8 nitrogen and oxygen atoms in total. The molecule has 1 amide bonds. The van der Waals surface area contributed by atoms with E-state index in [4.69, 9.17) is 4.74 Å². The number of aromatic nitrogens is 4. The predicted octanol–water partition coefficient (Wildman–Crippen LogP) is 1.88. The molecule has 0 saturated carbocycles. The van der Waals surface area contributed by atoms with Crippen LogP contribution in [-0.2, 0) is 4.79 Å². The highest BCUT2D eigenvalue weighted by Gasteiger charge is 2.05. The summed E-state index contributed by atoms with van der Waals surface area (Å²) in [5, 5.41) is 13.6. The Labute approximate surface area is 143 Å². The van der Waals surface area contributed by atoms with Crippen molar-refractivity contribution < 1.29 is 14.3 Å². The molecule has 126 valence electrons. The summed E-state index contributed by atoms with van der Waals surface area (Å²) in [6.07, 6.45) is 1.48. The van der Waals surface area contributed by atoms with Crippen molar-refractivity contribution in [2.45, 2.75) is 6.92 Å². The summed E-state index contributed by atoms with van der Waals surface area (Å²) in [5.74, 6) is 0.217. The van der Waals surface area contributed by atoms with Crippen LogP contribution in [0.15, 0.2) is 54.9 Å². The SMILES string of the molecule is CC(=O)c1ccc(OCC(=O)Nc2ccc(-n3cnnn3)cc2)cc1. The number of carbonyl (C=O) groups excluding carboxylic acids is 2. The van der Waals surface area contributed by atoms with Gasteiger partial charge in [-0.2, -0.15) is 0 Å². The highest BCUT2D eigenvalue weighted by Crippen LogP contribution is 2.14. The molecule has 0 saturated heterocycles. The van der Waals surface area contributed by atoms with E-state index in [0.29, 0.717) is 17.0 Å². The van der Waals surface area contributed by atoms with Crippen LogP contribution in [0.2, 0.25) is 0 Å². The molecule has 0 fully saturated rings. The Morgan fingerprint density at radius 1 is 1.08 bits per heavy atom. The van der Waals surface area contributed by atoms with Crippen LogP contribution >= 0.6 is 0 Å². The molecule has 3 rings (SSSR count). The number of nitrogens with one attached hydrogen (secondary N) is 1. The first-order valence-corrected chi connectivity index (χ1v) is 7.49. The summed E-state index contributed by atoms with van der Waals surface area (Å²) in [5.41, 5.74) is 2.02. The van der Waals surface area contributed by atoms with Gasteiger partial charge >= 0.3 is 0 Å². The maximum atomic E-state index is 11.9. The average molecular weight is 337 g/mol. The molecule has 0 bridgehead atoms. The van der Waals surface area contributed by atoms with Gasteiger partial charge in [0.25, 0.3) is 5.91 Å². The molecule has 0 atom stereocenters. The van der Waals surface area contributed by atoms with E-state index in [2.05, 4.69) is 20.8 Å². The number of nitrogens with zero attached hydrogens (tertiary/aromatic N) is 4. The van der Waals surface area contributed by atoms with Crippen molar-refractivity contribution in [2.24, 2.45) is 0 Å². The average Bonchev–Trinajstić information content (AvgIpc) is 3.15. The molecule has 25 heavy (non-hydrogen) atoms. The van der Waals surface area contributed by atoms with Crippen molar-refractivity contribution >= 4 is 17.4 Å². The number of carbonyl (C=O) groups is 2. The predicted molar refractivity (Wildman–Crippen MR) is 89.7 cm³/mol. The summed E-state index contributed by atoms with van der Waals surface area (Å²) in [4.78, 5) is 23.2. The number of tetrazole rings is 1. The second-order valence-corrected chi connectivity index (χ2v) is 5.22. The van der Waals surface area contributed by atoms with Crippen LogP contribution in [0.5, 0.6) is 5.75 Å². The number of ether oxygens (including phenoxy) is 1. The molecule has 0 radical (unpaired) electrons. The Bertz CT molecular complexity index is 858. The third kappa shape index (κ3) is 4.25. The van der Waals surface area contributed by atoms with Crippen molar-refractivity contribution in [1.82, 2.24) is 20.2 Å². The lowest BCUT2D eigenvalue weighted by atomic mass is 10.1. The Morgan fingerprint density at radius 3 is 2.40 bits per heavy atom. The summed E-state index contributed by atoms with van der Waals surface area (Å²) in [6.45, 7) is 1.36. The first-order valence-electron chi connectivity index (χ1n) is 7.49. The molecular formula is C17H15N5O3. The zero-order valence-corrected chi connectivity index (χ0v) is 13.4. The van der Waals surface area contributed by atoms with Gasteiger partial charge in [0.2, 0.25) is 0 Å². The zero-order chi connectivity index (χ0) is 17.6. The fraction of sp³-hybridized carbons (Fsp3) is 0.118. The zero-order valence-electron chi connectivity index (χ0n) is 13.4. The minimum absolute atomic E-state index is 0.0191. The Kier molecular flexibility index (Phi) is 4.79. The summed E-state index contributed by atoms with van der Waals surface area (Å²) in [7, 11) is 0. The second kappa shape index (κ2) is 7.35. The van der Waals surface area contributed by atoms with Crippen molar-refractivity contribution in [3.63, 3.8) is 0 Å². The lowest BCUT2D eigenvalue weighted by Gasteiger charge is -2.08. The minimum atomic E-state index is -0.286. The van der Waals surface area contributed by atoms with Gasteiger partial charge in [0.1, 0.15) is 12.1 Å². The minimum Gasteiger partial charge on any atom is -0.484 e. The standard InChI is InChI=1S/C17H15N5O3/c1-12(23)13-2-8-16(9-3-13)25-10-17(24)19-14-4-6-15(7-5-14)22-11-18-20-21-22/h2-9,11H,10H2,1H3,(H,19,24). The molecule has 1 N–H and O–H groups in total. The lowest BCUT2D eigenvalue weighted by Crippen LogP contribution is -2.20. The molecule has 0 aliphatic rings. The van der Waals surface area contributed by atoms with E-state index in [9.17, 15) is 9.59 Å². The fourth-order valence-corrected chi connectivity index (χ4v) is 2.11. The molecule has 2 aromatic carbocycles. The molecular weight excluding hydrogens is 322 g/mol. The summed E-state index contributed by atoms with van der Waals surface area (Å²) >= 11 is 0. The van der Waals surface area contributed by atoms with E-state index >= 15 is 0 Å². The summed E-state index contributed by atoms with van der Waals surface area (Å²) in [6, 6.07) is 13.7. The van der Waals surface area contributed by atoms with Gasteiger partial charge in [0, 0.05) is 11.3 Å². The molecule has 0 aliphatic heterocycles. The van der Waals surface area contributed by atoms with Gasteiger partial charge in [0.15, 0.2) is 12.4 Å². The highest BCUT2D eigenvalue weighted by molar-refractivity contribution is 5.94. The van der Waals surface area contributed by atoms with Crippen molar-refractivity contribution in [3.8, 4) is 11.4 Å². The van der Waals surface area contributed by atoms with Crippen molar-refractivity contribution in [1.29, 1.82) is 0 Å². The Hall–Kier alpha value is -3.55. The monoisotopic (exact) mass is 337 g/mol. The molecule has 3 aromatic rings. The van der Waals surface area contributed by atoms with E-state index in [1.54, 1.807) is 48.5 Å². The van der Waals surface area contributed by atoms with E-state index in [1.807, 2.05) is 0 Å². The number of amides is 1. The normalized spacial score (nSPS) is 10.3. The van der Waals surface area contributed by atoms with Gasteiger partial charge in [-0.15, -0.1) is 5.10 Å². The molecule has 1 aromatic heterocycles. The number of anilines is 1. The van der Waals surface area contributed by atoms with Gasteiger partial charge in [-0.3, -0.25) is 9.59 Å². The molecule has 0 spiro atoms. The highest BCUT2D eigenvalue weighted by atomic mass is 16.5. The maximum absolute atomic E-state index is 11.9. The number of ketones is 1. The van der Waals surface area contributed by atoms with Gasteiger partial charge in [-0.05, 0) is 65.9 Å². The topological polar surface area (TPSA) is 99.0 Å². The number of hydrogen-bond acceptors (Lipinski definition) is 6. The third-order valence-corrected chi connectivity index (χ3v) is 3.40. The van der Waals surface area contributed by atoms with E-state index in [0.717, 1.165) is 5.69 Å². The van der Waals surface area contributed by atoms with Crippen LogP contribution in [0.1, 0.15) is 17.3 Å². The number of hydrogen-bond donors (Lipinski definition) is 1. The van der Waals surface area contributed by atoms with Gasteiger partial charge < -0.3 is 10.1 Å². The largest absolute Gasteiger partial charge is 0.484 e. The van der Waals surface area contributed by atoms with E-state index in [-0.39, 0.29) is 18.3 Å². The first-order chi connectivity index (χ1) is 12.1. The third-order valence-electron chi connectivity index (χ3n) is 3.40. The van der Waals surface area contributed by atoms with Crippen molar-refractivity contribution in [2.75, 3.05) is 11.9 Å². The molecule has 1 heterocycles. The Morgan fingerprint density at radius 2 is 1.80 bits per heavy atom. The van der Waals surface area contributed by atoms with Crippen molar-refractivity contribution in [3.05, 3.63) is 60.4 Å². The number of benzene rings is 2. The van der Waals surface area contributed by atoms with Crippen LogP contribution in [0.3, 0.4) is 0 Å². The Balaban J connectivity index is 1.53.